The highest BCUT2D eigenvalue weighted by atomic mass is 35.5. The number of halogens is 1. The molecule has 0 saturated carbocycles. The van der Waals surface area contributed by atoms with Crippen molar-refractivity contribution in [3.8, 4) is 0 Å². The summed E-state index contributed by atoms with van der Waals surface area (Å²) in [4.78, 5) is 0.574. The van der Waals surface area contributed by atoms with Crippen LogP contribution in [0.1, 0.15) is 5.56 Å². The van der Waals surface area contributed by atoms with Crippen LogP contribution in [0.5, 0.6) is 0 Å². The van der Waals surface area contributed by atoms with E-state index in [2.05, 4.69) is 4.40 Å². The summed E-state index contributed by atoms with van der Waals surface area (Å²) in [6, 6.07) is 12.1. The molecule has 3 rings (SSSR count). The van der Waals surface area contributed by atoms with Crippen LogP contribution in [0.4, 0.5) is 0 Å². The first-order valence-electron chi connectivity index (χ1n) is 6.50. The molecule has 0 atom stereocenters. The highest BCUT2D eigenvalue weighted by Crippen LogP contribution is 2.24. The molecule has 1 heterocycles. The van der Waals surface area contributed by atoms with Gasteiger partial charge >= 0.3 is 0 Å². The van der Waals surface area contributed by atoms with E-state index in [1.165, 1.54) is 11.3 Å². The Morgan fingerprint density at radius 1 is 1.14 bits per heavy atom. The van der Waals surface area contributed by atoms with Crippen LogP contribution in [0.3, 0.4) is 0 Å². The summed E-state index contributed by atoms with van der Waals surface area (Å²) in [5, 5.41) is 0.574. The predicted octanol–water partition coefficient (Wildman–Crippen LogP) is 3.49. The van der Waals surface area contributed by atoms with E-state index in [-0.39, 0.29) is 4.90 Å². The lowest BCUT2D eigenvalue weighted by Crippen LogP contribution is -2.13. The summed E-state index contributed by atoms with van der Waals surface area (Å²) in [5.74, 6) is 0. The minimum Gasteiger partial charge on any atom is -0.318 e. The molecule has 4 nitrogen and oxygen atoms in total. The minimum absolute atomic E-state index is 0.182. The average Bonchev–Trinajstić information content (AvgIpc) is 2.76. The maximum Gasteiger partial charge on any atom is 0.285 e. The Balaban J connectivity index is 2.22. The van der Waals surface area contributed by atoms with E-state index in [0.29, 0.717) is 9.82 Å². The number of thiazole rings is 1. The van der Waals surface area contributed by atoms with Gasteiger partial charge < -0.3 is 4.57 Å². The van der Waals surface area contributed by atoms with Crippen molar-refractivity contribution in [1.29, 1.82) is 0 Å². The van der Waals surface area contributed by atoms with Gasteiger partial charge in [0.2, 0.25) is 4.80 Å². The first kappa shape index (κ1) is 15.3. The molecule has 0 bridgehead atoms. The molecule has 0 radical (unpaired) electrons. The maximum absolute atomic E-state index is 12.4. The molecule has 0 fully saturated rings. The van der Waals surface area contributed by atoms with Crippen LogP contribution in [-0.4, -0.2) is 13.0 Å². The second-order valence-electron chi connectivity index (χ2n) is 4.91. The number of aryl methyl sites for hydroxylation is 2. The zero-order chi connectivity index (χ0) is 15.9. The summed E-state index contributed by atoms with van der Waals surface area (Å²) in [5.41, 5.74) is 1.78. The lowest BCUT2D eigenvalue weighted by molar-refractivity contribution is 0.596. The Hall–Kier alpha value is -1.63. The third-order valence-corrected chi connectivity index (χ3v) is 6.09. The van der Waals surface area contributed by atoms with Gasteiger partial charge in [-0.05, 0) is 31.2 Å². The SMILES string of the molecule is Cc1ccc(S(=O)(=O)N=c2sc3cccc(Cl)c3n2C)cc1. The van der Waals surface area contributed by atoms with Crippen LogP contribution >= 0.6 is 22.9 Å². The summed E-state index contributed by atoms with van der Waals surface area (Å²) >= 11 is 7.47. The van der Waals surface area contributed by atoms with E-state index in [4.69, 9.17) is 11.6 Å². The standard InChI is InChI=1S/C15H13ClN2O2S2/c1-10-6-8-11(9-7-10)22(19,20)17-15-18(2)14-12(16)4-3-5-13(14)21-15/h3-9H,1-2H3. The average molecular weight is 353 g/mol. The number of aromatic nitrogens is 1. The molecule has 1 aromatic heterocycles. The van der Waals surface area contributed by atoms with E-state index in [1.54, 1.807) is 41.9 Å². The fourth-order valence-electron chi connectivity index (χ4n) is 2.11. The lowest BCUT2D eigenvalue weighted by atomic mass is 10.2. The topological polar surface area (TPSA) is 51.4 Å². The second-order valence-corrected chi connectivity index (χ2v) is 7.93. The van der Waals surface area contributed by atoms with Crippen LogP contribution in [0, 0.1) is 6.92 Å². The number of nitrogens with zero attached hydrogens (tertiary/aromatic N) is 2. The Kier molecular flexibility index (Phi) is 3.84. The summed E-state index contributed by atoms with van der Waals surface area (Å²) < 4.78 is 31.4. The van der Waals surface area contributed by atoms with Crippen molar-refractivity contribution in [3.63, 3.8) is 0 Å². The molecule has 0 aliphatic heterocycles. The fourth-order valence-corrected chi connectivity index (χ4v) is 4.74. The van der Waals surface area contributed by atoms with Crippen molar-refractivity contribution in [2.75, 3.05) is 0 Å². The van der Waals surface area contributed by atoms with Gasteiger partial charge in [0.1, 0.15) is 0 Å². The van der Waals surface area contributed by atoms with Gasteiger partial charge in [-0.15, -0.1) is 4.40 Å². The van der Waals surface area contributed by atoms with Gasteiger partial charge in [-0.1, -0.05) is 46.7 Å². The van der Waals surface area contributed by atoms with Crippen molar-refractivity contribution in [2.45, 2.75) is 11.8 Å². The lowest BCUT2D eigenvalue weighted by Gasteiger charge is -2.00. The number of sulfonamides is 1. The van der Waals surface area contributed by atoms with Gasteiger partial charge in [0, 0.05) is 7.05 Å². The number of rotatable bonds is 2. The Labute approximate surface area is 137 Å². The quantitative estimate of drug-likeness (QED) is 0.708. The van der Waals surface area contributed by atoms with Crippen LogP contribution in [0.25, 0.3) is 10.2 Å². The van der Waals surface area contributed by atoms with Crippen molar-refractivity contribution in [1.82, 2.24) is 4.57 Å². The van der Waals surface area contributed by atoms with Crippen LogP contribution in [0.15, 0.2) is 51.8 Å². The largest absolute Gasteiger partial charge is 0.318 e. The molecular formula is C15H13ClN2O2S2. The molecule has 0 amide bonds. The smallest absolute Gasteiger partial charge is 0.285 e. The van der Waals surface area contributed by atoms with E-state index < -0.39 is 10.0 Å². The molecule has 3 aromatic rings. The van der Waals surface area contributed by atoms with Crippen LogP contribution in [0.2, 0.25) is 5.02 Å². The third-order valence-electron chi connectivity index (χ3n) is 3.29. The maximum atomic E-state index is 12.4. The minimum atomic E-state index is -3.74. The summed E-state index contributed by atoms with van der Waals surface area (Å²) in [6.45, 7) is 1.90. The molecule has 0 unspecified atom stereocenters. The molecule has 7 heteroatoms. The van der Waals surface area contributed by atoms with Crippen molar-refractivity contribution >= 4 is 43.2 Å². The Bertz CT molecular complexity index is 1020. The molecule has 2 aromatic carbocycles. The number of hydrogen-bond acceptors (Lipinski definition) is 3. The van der Waals surface area contributed by atoms with Gasteiger partial charge in [-0.25, -0.2) is 0 Å². The molecule has 0 spiro atoms. The molecule has 0 aliphatic carbocycles. The molecule has 0 saturated heterocycles. The molecule has 0 aliphatic rings. The number of benzene rings is 2. The van der Waals surface area contributed by atoms with Crippen LogP contribution in [-0.2, 0) is 17.1 Å². The van der Waals surface area contributed by atoms with Crippen molar-refractivity contribution < 1.29 is 8.42 Å². The van der Waals surface area contributed by atoms with E-state index in [9.17, 15) is 8.42 Å². The zero-order valence-electron chi connectivity index (χ0n) is 11.9. The summed E-state index contributed by atoms with van der Waals surface area (Å²) in [7, 11) is -1.98. The van der Waals surface area contributed by atoms with Gasteiger partial charge in [-0.2, -0.15) is 8.42 Å². The van der Waals surface area contributed by atoms with E-state index in [1.807, 2.05) is 19.1 Å². The predicted molar refractivity (Wildman–Crippen MR) is 89.7 cm³/mol. The first-order chi connectivity index (χ1) is 10.4. The molecule has 114 valence electrons. The van der Waals surface area contributed by atoms with Crippen molar-refractivity contribution in [2.24, 2.45) is 11.4 Å². The van der Waals surface area contributed by atoms with Gasteiger partial charge in [-0.3, -0.25) is 0 Å². The highest BCUT2D eigenvalue weighted by molar-refractivity contribution is 7.90. The highest BCUT2D eigenvalue weighted by Gasteiger charge is 2.14. The molecular weight excluding hydrogens is 340 g/mol. The zero-order valence-corrected chi connectivity index (χ0v) is 14.3. The molecule has 22 heavy (non-hydrogen) atoms. The first-order valence-corrected chi connectivity index (χ1v) is 9.14. The van der Waals surface area contributed by atoms with E-state index >= 15 is 0 Å². The Morgan fingerprint density at radius 2 is 1.82 bits per heavy atom. The fraction of sp³-hybridized carbons (Fsp3) is 0.133. The van der Waals surface area contributed by atoms with Crippen LogP contribution < -0.4 is 4.80 Å². The van der Waals surface area contributed by atoms with Gasteiger partial charge in [0.05, 0.1) is 20.1 Å². The van der Waals surface area contributed by atoms with Gasteiger partial charge in [0.25, 0.3) is 10.0 Å². The number of para-hydroxylation sites is 1. The normalized spacial score (nSPS) is 13.0. The Morgan fingerprint density at radius 3 is 2.45 bits per heavy atom. The number of fused-ring (bicyclic) bond motifs is 1. The summed E-state index contributed by atoms with van der Waals surface area (Å²) in [6.07, 6.45) is 0. The van der Waals surface area contributed by atoms with E-state index in [0.717, 1.165) is 15.8 Å². The van der Waals surface area contributed by atoms with Gasteiger partial charge in [0.15, 0.2) is 0 Å². The molecule has 0 N–H and O–H groups in total. The number of hydrogen-bond donors (Lipinski definition) is 0. The van der Waals surface area contributed by atoms with Crippen molar-refractivity contribution in [3.05, 3.63) is 57.9 Å². The third kappa shape index (κ3) is 2.69. The second kappa shape index (κ2) is 5.53. The monoisotopic (exact) mass is 352 g/mol.